The molecule has 0 bridgehead atoms. The molecular formula is C22H22FN3O. The molecule has 2 heterocycles. The van der Waals surface area contributed by atoms with Crippen molar-refractivity contribution in [2.75, 3.05) is 0 Å². The van der Waals surface area contributed by atoms with E-state index in [1.54, 1.807) is 12.1 Å². The summed E-state index contributed by atoms with van der Waals surface area (Å²) in [6.45, 7) is 3.01. The minimum absolute atomic E-state index is 0.0133. The van der Waals surface area contributed by atoms with Crippen LogP contribution in [0.15, 0.2) is 66.9 Å². The van der Waals surface area contributed by atoms with Gasteiger partial charge in [0.05, 0.1) is 18.3 Å². The molecule has 4 nitrogen and oxygen atoms in total. The molecule has 0 spiro atoms. The fourth-order valence-corrected chi connectivity index (χ4v) is 3.74. The van der Waals surface area contributed by atoms with Gasteiger partial charge in [-0.25, -0.2) is 9.18 Å². The summed E-state index contributed by atoms with van der Waals surface area (Å²) in [5.74, 6) is -0.277. The number of urea groups is 1. The van der Waals surface area contributed by atoms with Gasteiger partial charge in [0.25, 0.3) is 0 Å². The lowest BCUT2D eigenvalue weighted by Crippen LogP contribution is -2.41. The summed E-state index contributed by atoms with van der Waals surface area (Å²) in [5.41, 5.74) is 4.21. The zero-order valence-electron chi connectivity index (χ0n) is 15.2. The van der Waals surface area contributed by atoms with Gasteiger partial charge in [0.1, 0.15) is 5.82 Å². The maximum absolute atomic E-state index is 13.1. The fourth-order valence-electron chi connectivity index (χ4n) is 3.74. The van der Waals surface area contributed by atoms with E-state index >= 15 is 0 Å². The molecule has 4 rings (SSSR count). The molecular weight excluding hydrogens is 341 g/mol. The Labute approximate surface area is 158 Å². The molecule has 0 radical (unpaired) electrons. The van der Waals surface area contributed by atoms with Gasteiger partial charge in [0.2, 0.25) is 0 Å². The molecule has 138 valence electrons. The van der Waals surface area contributed by atoms with Crippen LogP contribution in [0.25, 0.3) is 5.69 Å². The standard InChI is InChI=1S/C22H22FN3O/c1-2-19-21-8-5-13-25(21)20-7-4-3-6-17(20)15-26(19)22(27)24-14-16-9-11-18(23)12-10-16/h3-13,19H,2,14-15H2,1H3,(H,24,27). The maximum atomic E-state index is 13.1. The zero-order valence-corrected chi connectivity index (χ0v) is 15.2. The van der Waals surface area contributed by atoms with E-state index in [-0.39, 0.29) is 17.9 Å². The molecule has 1 N–H and O–H groups in total. The Bertz CT molecular complexity index is 948. The smallest absolute Gasteiger partial charge is 0.318 e. The number of fused-ring (bicyclic) bond motifs is 3. The predicted molar refractivity (Wildman–Crippen MR) is 103 cm³/mol. The van der Waals surface area contributed by atoms with Crippen LogP contribution >= 0.6 is 0 Å². The Hall–Kier alpha value is -3.08. The Morgan fingerprint density at radius 2 is 1.89 bits per heavy atom. The van der Waals surface area contributed by atoms with Gasteiger partial charge in [-0.3, -0.25) is 0 Å². The van der Waals surface area contributed by atoms with Crippen molar-refractivity contribution in [1.82, 2.24) is 14.8 Å². The second-order valence-corrected chi connectivity index (χ2v) is 6.77. The molecule has 1 aliphatic heterocycles. The summed E-state index contributed by atoms with van der Waals surface area (Å²) in [6, 6.07) is 18.4. The van der Waals surface area contributed by atoms with Crippen LogP contribution in [0, 0.1) is 5.82 Å². The van der Waals surface area contributed by atoms with Crippen LogP contribution in [0.3, 0.4) is 0 Å². The Morgan fingerprint density at radius 1 is 1.11 bits per heavy atom. The largest absolute Gasteiger partial charge is 0.334 e. The molecule has 2 aromatic carbocycles. The van der Waals surface area contributed by atoms with E-state index < -0.39 is 0 Å². The number of nitrogens with one attached hydrogen (secondary N) is 1. The van der Waals surface area contributed by atoms with E-state index in [9.17, 15) is 9.18 Å². The highest BCUT2D eigenvalue weighted by Gasteiger charge is 2.30. The third-order valence-electron chi connectivity index (χ3n) is 5.09. The third-order valence-corrected chi connectivity index (χ3v) is 5.09. The number of carbonyl (C=O) groups excluding carboxylic acids is 1. The Morgan fingerprint density at radius 3 is 2.67 bits per heavy atom. The number of amides is 2. The molecule has 0 fully saturated rings. The highest BCUT2D eigenvalue weighted by atomic mass is 19.1. The van der Waals surface area contributed by atoms with E-state index in [0.29, 0.717) is 13.1 Å². The second-order valence-electron chi connectivity index (χ2n) is 6.77. The highest BCUT2D eigenvalue weighted by molar-refractivity contribution is 5.75. The Balaban J connectivity index is 1.61. The summed E-state index contributed by atoms with van der Waals surface area (Å²) < 4.78 is 15.2. The second kappa shape index (κ2) is 7.27. The van der Waals surface area contributed by atoms with E-state index in [4.69, 9.17) is 0 Å². The number of hydrogen-bond acceptors (Lipinski definition) is 1. The van der Waals surface area contributed by atoms with Crippen molar-refractivity contribution in [3.8, 4) is 5.69 Å². The van der Waals surface area contributed by atoms with Crippen molar-refractivity contribution in [2.45, 2.75) is 32.5 Å². The van der Waals surface area contributed by atoms with Gasteiger partial charge < -0.3 is 14.8 Å². The number of benzene rings is 2. The van der Waals surface area contributed by atoms with E-state index in [1.165, 1.54) is 12.1 Å². The monoisotopic (exact) mass is 363 g/mol. The van der Waals surface area contributed by atoms with Crippen LogP contribution < -0.4 is 5.32 Å². The molecule has 1 aromatic heterocycles. The topological polar surface area (TPSA) is 37.3 Å². The van der Waals surface area contributed by atoms with Gasteiger partial charge in [-0.1, -0.05) is 37.3 Å². The first-order valence-electron chi connectivity index (χ1n) is 9.22. The average molecular weight is 363 g/mol. The number of para-hydroxylation sites is 1. The van der Waals surface area contributed by atoms with Crippen LogP contribution in [-0.2, 0) is 13.1 Å². The lowest BCUT2D eigenvalue weighted by atomic mass is 10.1. The van der Waals surface area contributed by atoms with E-state index in [1.807, 2.05) is 23.1 Å². The minimum atomic E-state index is -0.277. The lowest BCUT2D eigenvalue weighted by molar-refractivity contribution is 0.167. The van der Waals surface area contributed by atoms with Crippen LogP contribution in [0.5, 0.6) is 0 Å². The van der Waals surface area contributed by atoms with Gasteiger partial charge in [0, 0.05) is 18.4 Å². The van der Waals surface area contributed by atoms with Gasteiger partial charge >= 0.3 is 6.03 Å². The quantitative estimate of drug-likeness (QED) is 0.713. The average Bonchev–Trinajstić information content (AvgIpc) is 3.12. The van der Waals surface area contributed by atoms with Gasteiger partial charge in [-0.2, -0.15) is 0 Å². The molecule has 5 heteroatoms. The number of rotatable bonds is 3. The van der Waals surface area contributed by atoms with Gasteiger partial charge in [-0.05, 0) is 47.9 Å². The van der Waals surface area contributed by atoms with Crippen molar-refractivity contribution in [2.24, 2.45) is 0 Å². The molecule has 2 amide bonds. The molecule has 1 aliphatic rings. The van der Waals surface area contributed by atoms with Crippen molar-refractivity contribution >= 4 is 6.03 Å². The fraction of sp³-hybridized carbons (Fsp3) is 0.227. The molecule has 0 aliphatic carbocycles. The lowest BCUT2D eigenvalue weighted by Gasteiger charge is -2.29. The van der Waals surface area contributed by atoms with E-state index in [0.717, 1.165) is 28.9 Å². The number of aromatic nitrogens is 1. The normalized spacial score (nSPS) is 15.6. The summed E-state index contributed by atoms with van der Waals surface area (Å²) in [6.07, 6.45) is 2.87. The Kier molecular flexibility index (Phi) is 4.67. The third kappa shape index (κ3) is 3.33. The number of nitrogens with zero attached hydrogens (tertiary/aromatic N) is 2. The highest BCUT2D eigenvalue weighted by Crippen LogP contribution is 2.33. The number of halogens is 1. The summed E-state index contributed by atoms with van der Waals surface area (Å²) in [7, 11) is 0. The number of carbonyl (C=O) groups is 1. The van der Waals surface area contributed by atoms with Crippen LogP contribution in [-0.4, -0.2) is 15.5 Å². The van der Waals surface area contributed by atoms with Crippen molar-refractivity contribution < 1.29 is 9.18 Å². The van der Waals surface area contributed by atoms with E-state index in [2.05, 4.69) is 41.2 Å². The maximum Gasteiger partial charge on any atom is 0.318 e. The molecule has 3 aromatic rings. The van der Waals surface area contributed by atoms with Crippen molar-refractivity contribution in [1.29, 1.82) is 0 Å². The van der Waals surface area contributed by atoms with Crippen LogP contribution in [0.1, 0.15) is 36.2 Å². The van der Waals surface area contributed by atoms with Crippen LogP contribution in [0.4, 0.5) is 9.18 Å². The molecule has 0 saturated carbocycles. The van der Waals surface area contributed by atoms with Crippen LogP contribution in [0.2, 0.25) is 0 Å². The molecule has 1 unspecified atom stereocenters. The molecule has 27 heavy (non-hydrogen) atoms. The summed E-state index contributed by atoms with van der Waals surface area (Å²) in [4.78, 5) is 14.9. The minimum Gasteiger partial charge on any atom is -0.334 e. The molecule has 1 atom stereocenters. The summed E-state index contributed by atoms with van der Waals surface area (Å²) >= 11 is 0. The first-order valence-corrected chi connectivity index (χ1v) is 9.22. The van der Waals surface area contributed by atoms with Crippen molar-refractivity contribution in [3.05, 3.63) is 89.5 Å². The predicted octanol–water partition coefficient (Wildman–Crippen LogP) is 4.79. The first kappa shape index (κ1) is 17.3. The zero-order chi connectivity index (χ0) is 18.8. The molecule has 0 saturated heterocycles. The van der Waals surface area contributed by atoms with Crippen molar-refractivity contribution in [3.63, 3.8) is 0 Å². The summed E-state index contributed by atoms with van der Waals surface area (Å²) in [5, 5.41) is 2.99. The first-order chi connectivity index (χ1) is 13.2. The SMILES string of the molecule is CCC1c2cccn2-c2ccccc2CN1C(=O)NCc1ccc(F)cc1. The van der Waals surface area contributed by atoms with Gasteiger partial charge in [0.15, 0.2) is 0 Å². The number of hydrogen-bond donors (Lipinski definition) is 1. The van der Waals surface area contributed by atoms with Gasteiger partial charge in [-0.15, -0.1) is 0 Å².